The standard InChI is InChI=1S/C18H21N3O2/c1-2-23-18(22)15-12-17(14-19-13-15)21-10-8-20(9-11-21)16-6-4-3-5-7-16/h3-7,12-14H,2,8-11H2,1H3. The molecule has 3 rings (SSSR count). The maximum absolute atomic E-state index is 11.8. The highest BCUT2D eigenvalue weighted by Gasteiger charge is 2.18. The Hall–Kier alpha value is -2.56. The average Bonchev–Trinajstić information content (AvgIpc) is 2.63. The Labute approximate surface area is 136 Å². The van der Waals surface area contributed by atoms with E-state index in [2.05, 4.69) is 39.0 Å². The molecule has 1 fully saturated rings. The lowest BCUT2D eigenvalue weighted by molar-refractivity contribution is 0.0526. The summed E-state index contributed by atoms with van der Waals surface area (Å²) in [5, 5.41) is 0. The normalized spacial score (nSPS) is 14.7. The van der Waals surface area contributed by atoms with Gasteiger partial charge in [0.05, 0.1) is 24.1 Å². The smallest absolute Gasteiger partial charge is 0.339 e. The van der Waals surface area contributed by atoms with Crippen molar-refractivity contribution in [1.29, 1.82) is 0 Å². The molecule has 1 aromatic heterocycles. The van der Waals surface area contributed by atoms with E-state index >= 15 is 0 Å². The van der Waals surface area contributed by atoms with Crippen molar-refractivity contribution >= 4 is 17.3 Å². The predicted molar refractivity (Wildman–Crippen MR) is 91.1 cm³/mol. The second-order valence-electron chi connectivity index (χ2n) is 5.46. The van der Waals surface area contributed by atoms with Crippen molar-refractivity contribution in [2.45, 2.75) is 6.92 Å². The van der Waals surface area contributed by atoms with Gasteiger partial charge in [0, 0.05) is 38.1 Å². The average molecular weight is 311 g/mol. The molecule has 0 N–H and O–H groups in total. The summed E-state index contributed by atoms with van der Waals surface area (Å²) in [6.45, 7) is 5.89. The van der Waals surface area contributed by atoms with Crippen LogP contribution in [0.15, 0.2) is 48.8 Å². The topological polar surface area (TPSA) is 45.7 Å². The minimum atomic E-state index is -0.315. The van der Waals surface area contributed by atoms with Gasteiger partial charge in [0.25, 0.3) is 0 Å². The summed E-state index contributed by atoms with van der Waals surface area (Å²) in [4.78, 5) is 20.6. The van der Waals surface area contributed by atoms with Crippen LogP contribution >= 0.6 is 0 Å². The monoisotopic (exact) mass is 311 g/mol. The van der Waals surface area contributed by atoms with E-state index in [1.165, 1.54) is 5.69 Å². The van der Waals surface area contributed by atoms with E-state index in [0.29, 0.717) is 12.2 Å². The van der Waals surface area contributed by atoms with Crippen LogP contribution in [0.3, 0.4) is 0 Å². The molecule has 2 aromatic rings. The van der Waals surface area contributed by atoms with Crippen LogP contribution in [0.4, 0.5) is 11.4 Å². The van der Waals surface area contributed by atoms with Crippen molar-refractivity contribution in [3.05, 3.63) is 54.4 Å². The molecule has 1 aliphatic heterocycles. The summed E-state index contributed by atoms with van der Waals surface area (Å²) in [6, 6.07) is 12.3. The van der Waals surface area contributed by atoms with Crippen molar-refractivity contribution in [3.8, 4) is 0 Å². The van der Waals surface area contributed by atoms with Gasteiger partial charge < -0.3 is 14.5 Å². The second-order valence-corrected chi connectivity index (χ2v) is 5.46. The Kier molecular flexibility index (Phi) is 4.76. The third-order valence-electron chi connectivity index (χ3n) is 4.00. The molecule has 0 spiro atoms. The van der Waals surface area contributed by atoms with Gasteiger partial charge in [0.1, 0.15) is 0 Å². The number of aromatic nitrogens is 1. The maximum Gasteiger partial charge on any atom is 0.339 e. The van der Waals surface area contributed by atoms with Gasteiger partial charge in [0.15, 0.2) is 0 Å². The number of benzene rings is 1. The number of carbonyl (C=O) groups excluding carboxylic acids is 1. The summed E-state index contributed by atoms with van der Waals surface area (Å²) >= 11 is 0. The van der Waals surface area contributed by atoms with Crippen LogP contribution in [0.2, 0.25) is 0 Å². The molecule has 120 valence electrons. The first-order valence-corrected chi connectivity index (χ1v) is 7.95. The summed E-state index contributed by atoms with van der Waals surface area (Å²) in [6.07, 6.45) is 3.36. The Balaban J connectivity index is 1.66. The van der Waals surface area contributed by atoms with Crippen LogP contribution in [0.5, 0.6) is 0 Å². The highest BCUT2D eigenvalue weighted by molar-refractivity contribution is 5.90. The lowest BCUT2D eigenvalue weighted by atomic mass is 10.2. The van der Waals surface area contributed by atoms with Crippen molar-refractivity contribution in [2.75, 3.05) is 42.6 Å². The fourth-order valence-electron chi connectivity index (χ4n) is 2.79. The van der Waals surface area contributed by atoms with Gasteiger partial charge in [-0.3, -0.25) is 4.98 Å². The van der Waals surface area contributed by atoms with Crippen LogP contribution in [0.1, 0.15) is 17.3 Å². The number of anilines is 2. The zero-order valence-corrected chi connectivity index (χ0v) is 13.3. The molecule has 23 heavy (non-hydrogen) atoms. The second kappa shape index (κ2) is 7.13. The molecule has 0 amide bonds. The summed E-state index contributed by atoms with van der Waals surface area (Å²) in [7, 11) is 0. The van der Waals surface area contributed by atoms with Gasteiger partial charge in [-0.2, -0.15) is 0 Å². The highest BCUT2D eigenvalue weighted by Crippen LogP contribution is 2.20. The van der Waals surface area contributed by atoms with Crippen LogP contribution in [-0.2, 0) is 4.74 Å². The molecule has 5 heteroatoms. The van der Waals surface area contributed by atoms with Gasteiger partial charge in [0.2, 0.25) is 0 Å². The molecule has 0 saturated carbocycles. The molecule has 0 atom stereocenters. The molecule has 2 heterocycles. The first kappa shape index (κ1) is 15.3. The molecular formula is C18H21N3O2. The van der Waals surface area contributed by atoms with Crippen molar-refractivity contribution in [2.24, 2.45) is 0 Å². The molecule has 0 radical (unpaired) electrons. The van der Waals surface area contributed by atoms with Crippen LogP contribution < -0.4 is 9.80 Å². The quantitative estimate of drug-likeness (QED) is 0.812. The highest BCUT2D eigenvalue weighted by atomic mass is 16.5. The summed E-state index contributed by atoms with van der Waals surface area (Å²) in [5.74, 6) is -0.315. The zero-order chi connectivity index (χ0) is 16.1. The van der Waals surface area contributed by atoms with Crippen molar-refractivity contribution in [3.63, 3.8) is 0 Å². The number of ether oxygens (including phenoxy) is 1. The number of carbonyl (C=O) groups is 1. The number of para-hydroxylation sites is 1. The van der Waals surface area contributed by atoms with Gasteiger partial charge in [-0.05, 0) is 25.1 Å². The van der Waals surface area contributed by atoms with Crippen LogP contribution in [0, 0.1) is 0 Å². The van der Waals surface area contributed by atoms with E-state index < -0.39 is 0 Å². The number of esters is 1. The van der Waals surface area contributed by atoms with Gasteiger partial charge >= 0.3 is 5.97 Å². The molecular weight excluding hydrogens is 290 g/mol. The number of hydrogen-bond acceptors (Lipinski definition) is 5. The number of rotatable bonds is 4. The zero-order valence-electron chi connectivity index (χ0n) is 13.3. The Morgan fingerprint density at radius 2 is 1.70 bits per heavy atom. The minimum absolute atomic E-state index is 0.315. The number of nitrogens with zero attached hydrogens (tertiary/aromatic N) is 3. The van der Waals surface area contributed by atoms with E-state index in [4.69, 9.17) is 4.74 Å². The van der Waals surface area contributed by atoms with Crippen LogP contribution in [-0.4, -0.2) is 43.7 Å². The third-order valence-corrected chi connectivity index (χ3v) is 4.00. The Morgan fingerprint density at radius 1 is 1.04 bits per heavy atom. The van der Waals surface area contributed by atoms with E-state index in [0.717, 1.165) is 31.9 Å². The molecule has 0 aliphatic carbocycles. The van der Waals surface area contributed by atoms with E-state index in [1.807, 2.05) is 12.1 Å². The van der Waals surface area contributed by atoms with Crippen molar-refractivity contribution < 1.29 is 9.53 Å². The molecule has 0 unspecified atom stereocenters. The molecule has 1 aromatic carbocycles. The fourth-order valence-corrected chi connectivity index (χ4v) is 2.79. The number of pyridine rings is 1. The molecule has 1 saturated heterocycles. The van der Waals surface area contributed by atoms with Gasteiger partial charge in [-0.15, -0.1) is 0 Å². The molecule has 5 nitrogen and oxygen atoms in total. The maximum atomic E-state index is 11.8. The van der Waals surface area contributed by atoms with Gasteiger partial charge in [-0.25, -0.2) is 4.79 Å². The Bertz CT molecular complexity index is 652. The SMILES string of the molecule is CCOC(=O)c1cncc(N2CCN(c3ccccc3)CC2)c1. The van der Waals surface area contributed by atoms with E-state index in [-0.39, 0.29) is 5.97 Å². The van der Waals surface area contributed by atoms with Crippen molar-refractivity contribution in [1.82, 2.24) is 4.98 Å². The first-order chi connectivity index (χ1) is 11.3. The summed E-state index contributed by atoms with van der Waals surface area (Å²) in [5.41, 5.74) is 2.74. The first-order valence-electron chi connectivity index (χ1n) is 7.95. The lowest BCUT2D eigenvalue weighted by Gasteiger charge is -2.37. The largest absolute Gasteiger partial charge is 0.462 e. The lowest BCUT2D eigenvalue weighted by Crippen LogP contribution is -2.46. The summed E-state index contributed by atoms with van der Waals surface area (Å²) < 4.78 is 5.04. The number of hydrogen-bond donors (Lipinski definition) is 0. The molecule has 0 bridgehead atoms. The van der Waals surface area contributed by atoms with Gasteiger partial charge in [-0.1, -0.05) is 18.2 Å². The van der Waals surface area contributed by atoms with E-state index in [9.17, 15) is 4.79 Å². The molecule has 1 aliphatic rings. The minimum Gasteiger partial charge on any atom is -0.462 e. The third kappa shape index (κ3) is 3.62. The van der Waals surface area contributed by atoms with E-state index in [1.54, 1.807) is 19.3 Å². The number of piperazine rings is 1. The predicted octanol–water partition coefficient (Wildman–Crippen LogP) is 2.58. The van der Waals surface area contributed by atoms with Crippen LogP contribution in [0.25, 0.3) is 0 Å². The Morgan fingerprint density at radius 3 is 2.35 bits per heavy atom. The fraction of sp³-hybridized carbons (Fsp3) is 0.333.